The zero-order valence-electron chi connectivity index (χ0n) is 15.9. The smallest absolute Gasteiger partial charge is 0.343 e. The van der Waals surface area contributed by atoms with Crippen molar-refractivity contribution in [3.8, 4) is 5.69 Å². The molecule has 1 amide bonds. The van der Waals surface area contributed by atoms with Crippen LogP contribution in [-0.2, 0) is 11.2 Å². The minimum atomic E-state index is -0.451. The van der Waals surface area contributed by atoms with Gasteiger partial charge in [0.1, 0.15) is 11.6 Å². The molecule has 1 fully saturated rings. The topological polar surface area (TPSA) is 71.0 Å². The summed E-state index contributed by atoms with van der Waals surface area (Å²) in [5.41, 5.74) is -0.219. The van der Waals surface area contributed by atoms with Crippen molar-refractivity contribution < 1.29 is 9.18 Å². The van der Waals surface area contributed by atoms with Crippen LogP contribution in [0.3, 0.4) is 0 Å². The van der Waals surface area contributed by atoms with Crippen molar-refractivity contribution in [2.75, 3.05) is 13.1 Å². The van der Waals surface area contributed by atoms with E-state index in [-0.39, 0.29) is 11.6 Å². The van der Waals surface area contributed by atoms with E-state index < -0.39 is 11.5 Å². The van der Waals surface area contributed by atoms with E-state index in [1.54, 1.807) is 18.2 Å². The number of nitrogens with one attached hydrogen (secondary N) is 1. The van der Waals surface area contributed by atoms with Crippen LogP contribution in [0.15, 0.2) is 29.1 Å². The first kappa shape index (κ1) is 19.3. The quantitative estimate of drug-likeness (QED) is 0.845. The lowest BCUT2D eigenvalue weighted by Gasteiger charge is -2.32. The Morgan fingerprint density at radius 1 is 1.33 bits per heavy atom. The van der Waals surface area contributed by atoms with Crippen LogP contribution in [-0.4, -0.2) is 38.7 Å². The summed E-state index contributed by atoms with van der Waals surface area (Å²) in [4.78, 5) is 26.4. The number of H-pyrrole nitrogens is 1. The van der Waals surface area contributed by atoms with Crippen LogP contribution in [0.4, 0.5) is 4.39 Å². The highest BCUT2D eigenvalue weighted by Gasteiger charge is 2.25. The second kappa shape index (κ2) is 8.50. The van der Waals surface area contributed by atoms with Gasteiger partial charge in [0.05, 0.1) is 5.69 Å². The van der Waals surface area contributed by atoms with Gasteiger partial charge >= 0.3 is 5.69 Å². The van der Waals surface area contributed by atoms with E-state index >= 15 is 0 Å². The molecular formula is C20H27FN4O2. The number of carbonyl (C=O) groups is 1. The number of piperidine rings is 1. The first-order valence-electron chi connectivity index (χ1n) is 9.68. The fourth-order valence-electron chi connectivity index (χ4n) is 3.56. The summed E-state index contributed by atoms with van der Waals surface area (Å²) in [5.74, 6) is 1.04. The number of amides is 1. The first-order valence-corrected chi connectivity index (χ1v) is 9.68. The number of aromatic amines is 1. The molecule has 1 saturated heterocycles. The molecule has 0 bridgehead atoms. The van der Waals surface area contributed by atoms with E-state index in [4.69, 9.17) is 0 Å². The van der Waals surface area contributed by atoms with Crippen LogP contribution in [0.5, 0.6) is 0 Å². The van der Waals surface area contributed by atoms with Gasteiger partial charge in [0, 0.05) is 25.9 Å². The lowest BCUT2D eigenvalue weighted by Crippen LogP contribution is -2.39. The van der Waals surface area contributed by atoms with Gasteiger partial charge in [0.15, 0.2) is 0 Å². The van der Waals surface area contributed by atoms with Gasteiger partial charge in [0.25, 0.3) is 0 Å². The predicted molar refractivity (Wildman–Crippen MR) is 101 cm³/mol. The van der Waals surface area contributed by atoms with Crippen LogP contribution in [0.1, 0.15) is 45.4 Å². The molecule has 2 heterocycles. The minimum Gasteiger partial charge on any atom is -0.343 e. The van der Waals surface area contributed by atoms with Crippen LogP contribution >= 0.6 is 0 Å². The predicted octanol–water partition coefficient (Wildman–Crippen LogP) is 2.92. The van der Waals surface area contributed by atoms with Crippen LogP contribution in [0, 0.1) is 17.7 Å². The number of hydrogen-bond acceptors (Lipinski definition) is 3. The maximum absolute atomic E-state index is 14.1. The van der Waals surface area contributed by atoms with Gasteiger partial charge in [-0.25, -0.2) is 18.9 Å². The van der Waals surface area contributed by atoms with Crippen LogP contribution < -0.4 is 5.69 Å². The highest BCUT2D eigenvalue weighted by Crippen LogP contribution is 2.23. The van der Waals surface area contributed by atoms with Crippen molar-refractivity contribution in [3.05, 3.63) is 46.4 Å². The van der Waals surface area contributed by atoms with Gasteiger partial charge in [-0.1, -0.05) is 32.4 Å². The zero-order valence-corrected chi connectivity index (χ0v) is 15.9. The van der Waals surface area contributed by atoms with Gasteiger partial charge in [-0.3, -0.25) is 4.79 Å². The molecule has 1 N–H and O–H groups in total. The Labute approximate surface area is 158 Å². The van der Waals surface area contributed by atoms with Gasteiger partial charge in [-0.15, -0.1) is 0 Å². The number of aromatic nitrogens is 3. The van der Waals surface area contributed by atoms with Crippen molar-refractivity contribution in [3.63, 3.8) is 0 Å². The second-order valence-corrected chi connectivity index (χ2v) is 7.48. The summed E-state index contributed by atoms with van der Waals surface area (Å²) in [7, 11) is 0. The number of rotatable bonds is 6. The first-order chi connectivity index (χ1) is 13.0. The summed E-state index contributed by atoms with van der Waals surface area (Å²) >= 11 is 0. The summed E-state index contributed by atoms with van der Waals surface area (Å²) in [6.07, 6.45) is 3.93. The maximum atomic E-state index is 14.1. The molecule has 2 aromatic rings. The van der Waals surface area contributed by atoms with E-state index in [9.17, 15) is 14.0 Å². The van der Waals surface area contributed by atoms with E-state index in [1.807, 2.05) is 4.90 Å². The van der Waals surface area contributed by atoms with Crippen LogP contribution in [0.25, 0.3) is 5.69 Å². The molecule has 1 aliphatic heterocycles. The van der Waals surface area contributed by atoms with E-state index in [0.29, 0.717) is 30.5 Å². The molecular weight excluding hydrogens is 347 g/mol. The molecule has 0 radical (unpaired) electrons. The Balaban J connectivity index is 1.65. The lowest BCUT2D eigenvalue weighted by atomic mass is 9.92. The van der Waals surface area contributed by atoms with Gasteiger partial charge < -0.3 is 4.90 Å². The minimum absolute atomic E-state index is 0.215. The van der Waals surface area contributed by atoms with Crippen molar-refractivity contribution in [2.24, 2.45) is 11.8 Å². The summed E-state index contributed by atoms with van der Waals surface area (Å²) in [6.45, 7) is 5.66. The van der Waals surface area contributed by atoms with Gasteiger partial charge in [0.2, 0.25) is 5.91 Å². The summed E-state index contributed by atoms with van der Waals surface area (Å²) in [6, 6.07) is 6.20. The fraction of sp³-hybridized carbons (Fsp3) is 0.550. The largest absolute Gasteiger partial charge is 0.348 e. The normalized spacial score (nSPS) is 16.5. The zero-order chi connectivity index (χ0) is 19.4. The second-order valence-electron chi connectivity index (χ2n) is 7.48. The molecule has 1 aliphatic rings. The molecule has 1 atom stereocenters. The Hall–Kier alpha value is -2.44. The monoisotopic (exact) mass is 374 g/mol. The number of benzene rings is 1. The van der Waals surface area contributed by atoms with E-state index in [0.717, 1.165) is 32.4 Å². The molecule has 1 aromatic carbocycles. The van der Waals surface area contributed by atoms with E-state index in [2.05, 4.69) is 24.0 Å². The van der Waals surface area contributed by atoms with Crippen molar-refractivity contribution in [1.82, 2.24) is 19.7 Å². The lowest BCUT2D eigenvalue weighted by molar-refractivity contribution is -0.133. The van der Waals surface area contributed by atoms with Crippen molar-refractivity contribution in [1.29, 1.82) is 0 Å². The molecule has 1 aromatic heterocycles. The Kier molecular flexibility index (Phi) is 6.08. The van der Waals surface area contributed by atoms with Crippen molar-refractivity contribution >= 4 is 5.91 Å². The molecule has 3 rings (SSSR count). The highest BCUT2D eigenvalue weighted by atomic mass is 19.1. The van der Waals surface area contributed by atoms with E-state index in [1.165, 1.54) is 10.6 Å². The molecule has 7 heteroatoms. The summed E-state index contributed by atoms with van der Waals surface area (Å²) < 4.78 is 15.4. The average molecular weight is 374 g/mol. The van der Waals surface area contributed by atoms with Crippen molar-refractivity contribution in [2.45, 2.75) is 46.0 Å². The number of para-hydroxylation sites is 1. The average Bonchev–Trinajstić information content (AvgIpc) is 3.02. The third kappa shape index (κ3) is 4.46. The number of nitrogens with zero attached hydrogens (tertiary/aromatic N) is 3. The van der Waals surface area contributed by atoms with Crippen LogP contribution in [0.2, 0.25) is 0 Å². The number of likely N-dealkylation sites (tertiary alicyclic amines) is 1. The SMILES string of the molecule is CCC(C)CC(=O)N1CCC(Cc2n[nH]c(=O)n2-c2ccccc2F)CC1. The fourth-order valence-corrected chi connectivity index (χ4v) is 3.56. The maximum Gasteiger partial charge on any atom is 0.348 e. The molecule has 0 aliphatic carbocycles. The Morgan fingerprint density at radius 2 is 2.04 bits per heavy atom. The number of hydrogen-bond donors (Lipinski definition) is 1. The van der Waals surface area contributed by atoms with Gasteiger partial charge in [-0.2, -0.15) is 5.10 Å². The third-order valence-electron chi connectivity index (χ3n) is 5.49. The summed E-state index contributed by atoms with van der Waals surface area (Å²) in [5, 5.41) is 6.54. The molecule has 0 saturated carbocycles. The molecule has 1 unspecified atom stereocenters. The molecule has 146 valence electrons. The van der Waals surface area contributed by atoms with Gasteiger partial charge in [-0.05, 0) is 36.8 Å². The highest BCUT2D eigenvalue weighted by molar-refractivity contribution is 5.76. The Morgan fingerprint density at radius 3 is 2.70 bits per heavy atom. The Bertz CT molecular complexity index is 837. The molecule has 0 spiro atoms. The number of halogens is 1. The number of carbonyl (C=O) groups excluding carboxylic acids is 1. The molecule has 6 nitrogen and oxygen atoms in total. The standard InChI is InChI=1S/C20H27FN4O2/c1-3-14(2)12-19(26)24-10-8-15(9-11-24)13-18-22-23-20(27)25(18)17-7-5-4-6-16(17)21/h4-7,14-15H,3,8-13H2,1-2H3,(H,23,27). The third-order valence-corrected chi connectivity index (χ3v) is 5.49. The molecule has 27 heavy (non-hydrogen) atoms.